The SMILES string of the molecule is CC(NC(=O)c1c[nH]c2ncc(-c3ccccn3)nc12)C(C)(C)O. The number of nitrogens with zero attached hydrogens (tertiary/aromatic N) is 3. The number of aliphatic hydroxyl groups is 1. The second kappa shape index (κ2) is 6.01. The van der Waals surface area contributed by atoms with E-state index in [9.17, 15) is 9.90 Å². The molecular weight excluding hydrogens is 306 g/mol. The van der Waals surface area contributed by atoms with Crippen LogP contribution in [-0.2, 0) is 0 Å². The van der Waals surface area contributed by atoms with Crippen molar-refractivity contribution >= 4 is 17.1 Å². The van der Waals surface area contributed by atoms with E-state index in [4.69, 9.17) is 0 Å². The smallest absolute Gasteiger partial charge is 0.255 e. The molecule has 24 heavy (non-hydrogen) atoms. The Hall–Kier alpha value is -2.80. The summed E-state index contributed by atoms with van der Waals surface area (Å²) in [7, 11) is 0. The second-order valence-corrected chi connectivity index (χ2v) is 6.22. The van der Waals surface area contributed by atoms with E-state index in [0.717, 1.165) is 0 Å². The summed E-state index contributed by atoms with van der Waals surface area (Å²) in [6.45, 7) is 5.04. The van der Waals surface area contributed by atoms with E-state index in [2.05, 4.69) is 25.3 Å². The number of pyridine rings is 1. The first-order valence-corrected chi connectivity index (χ1v) is 7.65. The van der Waals surface area contributed by atoms with Gasteiger partial charge in [-0.05, 0) is 32.9 Å². The summed E-state index contributed by atoms with van der Waals surface area (Å²) in [5.41, 5.74) is 1.63. The molecule has 7 heteroatoms. The molecule has 3 rings (SSSR count). The zero-order valence-corrected chi connectivity index (χ0v) is 13.7. The van der Waals surface area contributed by atoms with E-state index in [-0.39, 0.29) is 5.91 Å². The van der Waals surface area contributed by atoms with Gasteiger partial charge >= 0.3 is 0 Å². The van der Waals surface area contributed by atoms with Gasteiger partial charge in [0.1, 0.15) is 11.2 Å². The Morgan fingerprint density at radius 2 is 2.08 bits per heavy atom. The van der Waals surface area contributed by atoms with Gasteiger partial charge in [-0.2, -0.15) is 0 Å². The van der Waals surface area contributed by atoms with Gasteiger partial charge < -0.3 is 15.4 Å². The highest BCUT2D eigenvalue weighted by Crippen LogP contribution is 2.20. The lowest BCUT2D eigenvalue weighted by Crippen LogP contribution is -2.47. The first kappa shape index (κ1) is 16.1. The quantitative estimate of drug-likeness (QED) is 0.680. The summed E-state index contributed by atoms with van der Waals surface area (Å²) < 4.78 is 0. The van der Waals surface area contributed by atoms with Crippen molar-refractivity contribution in [1.29, 1.82) is 0 Å². The van der Waals surface area contributed by atoms with Crippen molar-refractivity contribution in [2.45, 2.75) is 32.4 Å². The van der Waals surface area contributed by atoms with Crippen molar-refractivity contribution in [3.63, 3.8) is 0 Å². The van der Waals surface area contributed by atoms with E-state index < -0.39 is 11.6 Å². The zero-order valence-electron chi connectivity index (χ0n) is 13.7. The number of hydrogen-bond acceptors (Lipinski definition) is 5. The third-order valence-electron chi connectivity index (χ3n) is 3.96. The first-order chi connectivity index (χ1) is 11.4. The molecule has 3 N–H and O–H groups in total. The summed E-state index contributed by atoms with van der Waals surface area (Å²) in [4.78, 5) is 28.5. The second-order valence-electron chi connectivity index (χ2n) is 6.22. The molecule has 3 heterocycles. The minimum absolute atomic E-state index is 0.316. The first-order valence-electron chi connectivity index (χ1n) is 7.65. The van der Waals surface area contributed by atoms with Crippen LogP contribution >= 0.6 is 0 Å². The van der Waals surface area contributed by atoms with E-state index >= 15 is 0 Å². The van der Waals surface area contributed by atoms with Crippen LogP contribution in [0.1, 0.15) is 31.1 Å². The summed E-state index contributed by atoms with van der Waals surface area (Å²) in [6, 6.07) is 5.10. The monoisotopic (exact) mass is 325 g/mol. The molecule has 7 nitrogen and oxygen atoms in total. The van der Waals surface area contributed by atoms with Crippen LogP contribution in [0.15, 0.2) is 36.8 Å². The Bertz CT molecular complexity index is 868. The molecule has 0 saturated carbocycles. The van der Waals surface area contributed by atoms with Crippen molar-refractivity contribution in [2.75, 3.05) is 0 Å². The van der Waals surface area contributed by atoms with Crippen LogP contribution in [0.4, 0.5) is 0 Å². The number of nitrogens with one attached hydrogen (secondary N) is 2. The Labute approximate surface area is 139 Å². The van der Waals surface area contributed by atoms with E-state index in [0.29, 0.717) is 28.1 Å². The number of aromatic nitrogens is 4. The van der Waals surface area contributed by atoms with Crippen molar-refractivity contribution in [2.24, 2.45) is 0 Å². The van der Waals surface area contributed by atoms with Gasteiger partial charge in [0, 0.05) is 12.4 Å². The summed E-state index contributed by atoms with van der Waals surface area (Å²) in [6.07, 6.45) is 4.86. The molecule has 0 aliphatic rings. The largest absolute Gasteiger partial charge is 0.388 e. The van der Waals surface area contributed by atoms with Crippen LogP contribution in [0.2, 0.25) is 0 Å². The maximum atomic E-state index is 12.5. The maximum Gasteiger partial charge on any atom is 0.255 e. The summed E-state index contributed by atoms with van der Waals surface area (Å²) >= 11 is 0. The van der Waals surface area contributed by atoms with Gasteiger partial charge in [-0.15, -0.1) is 0 Å². The zero-order chi connectivity index (χ0) is 17.3. The van der Waals surface area contributed by atoms with Crippen molar-refractivity contribution < 1.29 is 9.90 Å². The van der Waals surface area contributed by atoms with Gasteiger partial charge in [0.05, 0.1) is 29.1 Å². The van der Waals surface area contributed by atoms with E-state index in [1.165, 1.54) is 0 Å². The molecule has 0 bridgehead atoms. The fourth-order valence-electron chi connectivity index (χ4n) is 2.15. The number of fused-ring (bicyclic) bond motifs is 1. The molecule has 1 unspecified atom stereocenters. The number of amides is 1. The third kappa shape index (κ3) is 3.11. The third-order valence-corrected chi connectivity index (χ3v) is 3.96. The average molecular weight is 325 g/mol. The van der Waals surface area contributed by atoms with Gasteiger partial charge in [0.15, 0.2) is 5.65 Å². The van der Waals surface area contributed by atoms with Gasteiger partial charge in [-0.1, -0.05) is 6.07 Å². The molecule has 0 saturated heterocycles. The minimum Gasteiger partial charge on any atom is -0.388 e. The van der Waals surface area contributed by atoms with Crippen LogP contribution in [0.5, 0.6) is 0 Å². The molecule has 0 fully saturated rings. The molecule has 124 valence electrons. The van der Waals surface area contributed by atoms with Gasteiger partial charge in [0.2, 0.25) is 0 Å². The Morgan fingerprint density at radius 1 is 1.29 bits per heavy atom. The van der Waals surface area contributed by atoms with Gasteiger partial charge in [0.25, 0.3) is 5.91 Å². The molecular formula is C17H19N5O2. The molecule has 0 aliphatic heterocycles. The highest BCUT2D eigenvalue weighted by atomic mass is 16.3. The highest BCUT2D eigenvalue weighted by Gasteiger charge is 2.25. The van der Waals surface area contributed by atoms with Crippen molar-refractivity contribution in [3.05, 3.63) is 42.4 Å². The molecule has 3 aromatic heterocycles. The molecule has 3 aromatic rings. The lowest BCUT2D eigenvalue weighted by atomic mass is 10.0. The molecule has 1 amide bonds. The lowest BCUT2D eigenvalue weighted by Gasteiger charge is -2.26. The van der Waals surface area contributed by atoms with Crippen LogP contribution < -0.4 is 5.32 Å². The van der Waals surface area contributed by atoms with Crippen LogP contribution in [0.3, 0.4) is 0 Å². The van der Waals surface area contributed by atoms with Crippen molar-refractivity contribution in [3.8, 4) is 11.4 Å². The molecule has 0 radical (unpaired) electrons. The molecule has 0 aromatic carbocycles. The topological polar surface area (TPSA) is 104 Å². The Morgan fingerprint density at radius 3 is 2.75 bits per heavy atom. The van der Waals surface area contributed by atoms with Crippen LogP contribution in [-0.4, -0.2) is 42.6 Å². The number of rotatable bonds is 4. The number of H-pyrrole nitrogens is 1. The Kier molecular flexibility index (Phi) is 4.02. The normalized spacial score (nSPS) is 13.0. The van der Waals surface area contributed by atoms with E-state index in [1.54, 1.807) is 39.4 Å². The standard InChI is InChI=1S/C17H19N5O2/c1-10(17(2,3)24)21-16(23)11-8-19-15-14(11)22-13(9-20-15)12-6-4-5-7-18-12/h4-10,24H,1-3H3,(H,19,20)(H,21,23). The highest BCUT2D eigenvalue weighted by molar-refractivity contribution is 6.04. The fourth-order valence-corrected chi connectivity index (χ4v) is 2.15. The number of aromatic amines is 1. The van der Waals surface area contributed by atoms with E-state index in [1.807, 2.05) is 18.2 Å². The number of hydrogen-bond donors (Lipinski definition) is 3. The summed E-state index contributed by atoms with van der Waals surface area (Å²) in [5.74, 6) is -0.316. The number of carbonyl (C=O) groups is 1. The lowest BCUT2D eigenvalue weighted by molar-refractivity contribution is 0.0409. The van der Waals surface area contributed by atoms with Gasteiger partial charge in [-0.3, -0.25) is 9.78 Å². The fraction of sp³-hybridized carbons (Fsp3) is 0.294. The number of carbonyl (C=O) groups excluding carboxylic acids is 1. The average Bonchev–Trinajstić information content (AvgIpc) is 2.97. The van der Waals surface area contributed by atoms with Crippen molar-refractivity contribution in [1.82, 2.24) is 25.3 Å². The molecule has 0 aliphatic carbocycles. The molecule has 1 atom stereocenters. The predicted octanol–water partition coefficient (Wildman–Crippen LogP) is 1.91. The summed E-state index contributed by atoms with van der Waals surface area (Å²) in [5, 5.41) is 12.8. The van der Waals surface area contributed by atoms with Crippen LogP contribution in [0, 0.1) is 0 Å². The predicted molar refractivity (Wildman–Crippen MR) is 90.3 cm³/mol. The maximum absolute atomic E-state index is 12.5. The Balaban J connectivity index is 1.96. The van der Waals surface area contributed by atoms with Crippen LogP contribution in [0.25, 0.3) is 22.6 Å². The minimum atomic E-state index is -1.02. The molecule has 0 spiro atoms. The van der Waals surface area contributed by atoms with Gasteiger partial charge in [-0.25, -0.2) is 9.97 Å².